The normalized spacial score (nSPS) is 10.6. The summed E-state index contributed by atoms with van der Waals surface area (Å²) in [5.74, 6) is 1.00. The molecule has 4 N–H and O–H groups in total. The van der Waals surface area contributed by atoms with E-state index in [0.29, 0.717) is 0 Å². The summed E-state index contributed by atoms with van der Waals surface area (Å²) in [6.07, 6.45) is 1.94. The largest absolute Gasteiger partial charge is 0.398 e. The van der Waals surface area contributed by atoms with Crippen LogP contribution < -0.4 is 11.5 Å². The average Bonchev–Trinajstić information content (AvgIpc) is 2.25. The molecule has 0 radical (unpaired) electrons. The lowest BCUT2D eigenvalue weighted by Crippen LogP contribution is -2.04. The summed E-state index contributed by atoms with van der Waals surface area (Å²) in [4.78, 5) is 1.08. The minimum absolute atomic E-state index is 0.874. The van der Waals surface area contributed by atoms with Crippen molar-refractivity contribution in [1.82, 2.24) is 0 Å². The van der Waals surface area contributed by atoms with Gasteiger partial charge in [0.05, 0.1) is 16.3 Å². The monoisotopic (exact) mass is 224 g/mol. The SMILES string of the molecule is CCSc1c(N)c(CC)cc(CC)c1N. The Morgan fingerprint density at radius 2 is 1.47 bits per heavy atom. The van der Waals surface area contributed by atoms with E-state index in [9.17, 15) is 0 Å². The number of benzene rings is 1. The molecule has 0 heterocycles. The highest BCUT2D eigenvalue weighted by Crippen LogP contribution is 2.36. The van der Waals surface area contributed by atoms with Gasteiger partial charge in [-0.25, -0.2) is 0 Å². The van der Waals surface area contributed by atoms with Crippen LogP contribution in [-0.2, 0) is 12.8 Å². The predicted molar refractivity (Wildman–Crippen MR) is 70.4 cm³/mol. The van der Waals surface area contributed by atoms with Crippen molar-refractivity contribution < 1.29 is 0 Å². The van der Waals surface area contributed by atoms with Gasteiger partial charge in [-0.05, 0) is 29.7 Å². The Morgan fingerprint density at radius 3 is 1.80 bits per heavy atom. The number of nitrogens with two attached hydrogens (primary N) is 2. The maximum absolute atomic E-state index is 6.10. The first-order valence-electron chi connectivity index (χ1n) is 5.48. The van der Waals surface area contributed by atoms with Crippen molar-refractivity contribution in [1.29, 1.82) is 0 Å². The van der Waals surface area contributed by atoms with Gasteiger partial charge in [0, 0.05) is 0 Å². The van der Waals surface area contributed by atoms with Gasteiger partial charge in [-0.2, -0.15) is 0 Å². The van der Waals surface area contributed by atoms with Crippen molar-refractivity contribution in [3.05, 3.63) is 17.2 Å². The molecular formula is C12H20N2S. The van der Waals surface area contributed by atoms with Gasteiger partial charge in [0.25, 0.3) is 0 Å². The molecule has 0 spiro atoms. The molecule has 84 valence electrons. The second-order valence-corrected chi connectivity index (χ2v) is 4.77. The van der Waals surface area contributed by atoms with E-state index in [1.54, 1.807) is 11.8 Å². The first-order chi connectivity index (χ1) is 7.15. The highest BCUT2D eigenvalue weighted by atomic mass is 32.2. The van der Waals surface area contributed by atoms with E-state index >= 15 is 0 Å². The van der Waals surface area contributed by atoms with Crippen LogP contribution in [0.2, 0.25) is 0 Å². The van der Waals surface area contributed by atoms with Crippen LogP contribution in [0.15, 0.2) is 11.0 Å². The number of aryl methyl sites for hydroxylation is 2. The Kier molecular flexibility index (Phi) is 4.33. The Balaban J connectivity index is 3.32. The third-order valence-electron chi connectivity index (χ3n) is 2.58. The second kappa shape index (κ2) is 5.31. The van der Waals surface area contributed by atoms with Crippen LogP contribution >= 0.6 is 11.8 Å². The zero-order valence-corrected chi connectivity index (χ0v) is 10.6. The van der Waals surface area contributed by atoms with Gasteiger partial charge in [-0.1, -0.05) is 26.8 Å². The van der Waals surface area contributed by atoms with E-state index in [4.69, 9.17) is 11.5 Å². The lowest BCUT2D eigenvalue weighted by molar-refractivity contribution is 1.07. The van der Waals surface area contributed by atoms with Crippen molar-refractivity contribution in [3.63, 3.8) is 0 Å². The van der Waals surface area contributed by atoms with Gasteiger partial charge < -0.3 is 11.5 Å². The number of thioether (sulfide) groups is 1. The standard InChI is InChI=1S/C12H20N2S/c1-4-8-7-9(5-2)11(14)12(10(8)13)15-6-3/h7H,4-6,13-14H2,1-3H3. The van der Waals surface area contributed by atoms with Crippen molar-refractivity contribution in [2.24, 2.45) is 0 Å². The van der Waals surface area contributed by atoms with Crippen LogP contribution in [0.5, 0.6) is 0 Å². The molecule has 1 rings (SSSR count). The van der Waals surface area contributed by atoms with Crippen LogP contribution in [0.4, 0.5) is 11.4 Å². The van der Waals surface area contributed by atoms with Crippen LogP contribution in [0.1, 0.15) is 31.9 Å². The molecule has 0 bridgehead atoms. The van der Waals surface area contributed by atoms with Crippen molar-refractivity contribution in [2.75, 3.05) is 17.2 Å². The molecule has 0 saturated carbocycles. The van der Waals surface area contributed by atoms with Gasteiger partial charge in [0.15, 0.2) is 0 Å². The molecule has 2 nitrogen and oxygen atoms in total. The summed E-state index contributed by atoms with van der Waals surface area (Å²) in [5.41, 5.74) is 16.4. The maximum atomic E-state index is 6.10. The summed E-state index contributed by atoms with van der Waals surface area (Å²) in [6.45, 7) is 6.37. The Hall–Kier alpha value is -0.830. The number of hydrogen-bond acceptors (Lipinski definition) is 3. The molecular weight excluding hydrogens is 204 g/mol. The molecule has 0 unspecified atom stereocenters. The van der Waals surface area contributed by atoms with Gasteiger partial charge in [0.1, 0.15) is 0 Å². The first-order valence-corrected chi connectivity index (χ1v) is 6.46. The smallest absolute Gasteiger partial charge is 0.0538 e. The third-order valence-corrected chi connectivity index (χ3v) is 3.60. The van der Waals surface area contributed by atoms with Crippen LogP contribution in [-0.4, -0.2) is 5.75 Å². The highest BCUT2D eigenvalue weighted by molar-refractivity contribution is 7.99. The average molecular weight is 224 g/mol. The summed E-state index contributed by atoms with van der Waals surface area (Å²) in [6, 6.07) is 2.14. The summed E-state index contributed by atoms with van der Waals surface area (Å²) in [7, 11) is 0. The molecule has 0 aliphatic carbocycles. The quantitative estimate of drug-likeness (QED) is 0.610. The Morgan fingerprint density at radius 1 is 1.00 bits per heavy atom. The first kappa shape index (κ1) is 12.2. The fourth-order valence-electron chi connectivity index (χ4n) is 1.69. The van der Waals surface area contributed by atoms with Gasteiger partial charge >= 0.3 is 0 Å². The van der Waals surface area contributed by atoms with E-state index in [2.05, 4.69) is 26.8 Å². The van der Waals surface area contributed by atoms with E-state index in [-0.39, 0.29) is 0 Å². The Labute approximate surface area is 96.4 Å². The Bertz CT molecular complexity index is 320. The fourth-order valence-corrected chi connectivity index (χ4v) is 2.55. The summed E-state index contributed by atoms with van der Waals surface area (Å²) in [5, 5.41) is 0. The number of anilines is 2. The van der Waals surface area contributed by atoms with Gasteiger partial charge in [-0.3, -0.25) is 0 Å². The summed E-state index contributed by atoms with van der Waals surface area (Å²) >= 11 is 1.74. The van der Waals surface area contributed by atoms with E-state index < -0.39 is 0 Å². The molecule has 1 aromatic rings. The van der Waals surface area contributed by atoms with Crippen LogP contribution in [0.25, 0.3) is 0 Å². The molecule has 15 heavy (non-hydrogen) atoms. The molecule has 0 aliphatic heterocycles. The topological polar surface area (TPSA) is 52.0 Å². The molecule has 0 saturated heterocycles. The third kappa shape index (κ3) is 2.40. The summed E-state index contributed by atoms with van der Waals surface area (Å²) < 4.78 is 0. The molecule has 1 aromatic carbocycles. The van der Waals surface area contributed by atoms with E-state index in [0.717, 1.165) is 34.9 Å². The van der Waals surface area contributed by atoms with Gasteiger partial charge in [0.2, 0.25) is 0 Å². The predicted octanol–water partition coefficient (Wildman–Crippen LogP) is 3.09. The lowest BCUT2D eigenvalue weighted by Gasteiger charge is -2.15. The zero-order chi connectivity index (χ0) is 11.4. The molecule has 0 atom stereocenters. The van der Waals surface area contributed by atoms with Crippen molar-refractivity contribution in [3.8, 4) is 0 Å². The van der Waals surface area contributed by atoms with Crippen LogP contribution in [0.3, 0.4) is 0 Å². The number of nitrogen functional groups attached to an aromatic ring is 2. The highest BCUT2D eigenvalue weighted by Gasteiger charge is 2.12. The van der Waals surface area contributed by atoms with Gasteiger partial charge in [-0.15, -0.1) is 11.8 Å². The minimum Gasteiger partial charge on any atom is -0.398 e. The van der Waals surface area contributed by atoms with Crippen molar-refractivity contribution in [2.45, 2.75) is 38.5 Å². The minimum atomic E-state index is 0.874. The zero-order valence-electron chi connectivity index (χ0n) is 9.76. The fraction of sp³-hybridized carbons (Fsp3) is 0.500. The maximum Gasteiger partial charge on any atom is 0.0538 e. The molecule has 0 aliphatic rings. The van der Waals surface area contributed by atoms with Crippen LogP contribution in [0, 0.1) is 0 Å². The molecule has 3 heteroatoms. The molecule has 0 fully saturated rings. The molecule has 0 amide bonds. The lowest BCUT2D eigenvalue weighted by atomic mass is 10.0. The molecule has 0 aromatic heterocycles. The van der Waals surface area contributed by atoms with E-state index in [1.807, 2.05) is 0 Å². The number of hydrogen-bond donors (Lipinski definition) is 2. The second-order valence-electron chi connectivity index (χ2n) is 3.49. The number of rotatable bonds is 4. The van der Waals surface area contributed by atoms with E-state index in [1.165, 1.54) is 11.1 Å². The van der Waals surface area contributed by atoms with Crippen molar-refractivity contribution >= 4 is 23.1 Å².